The molecule has 0 saturated heterocycles. The summed E-state index contributed by atoms with van der Waals surface area (Å²) in [5.41, 5.74) is 0.363. The van der Waals surface area contributed by atoms with E-state index in [1.165, 1.54) is 13.1 Å². The molecule has 1 aromatic rings. The molecule has 0 bridgehead atoms. The van der Waals surface area contributed by atoms with Crippen LogP contribution in [0.4, 0.5) is 5.82 Å². The van der Waals surface area contributed by atoms with Gasteiger partial charge in [-0.15, -0.1) is 0 Å². The average molecular weight is 285 g/mol. The second-order valence-electron chi connectivity index (χ2n) is 3.85. The molecule has 3 N–H and O–H groups in total. The lowest BCUT2D eigenvalue weighted by Gasteiger charge is -2.08. The van der Waals surface area contributed by atoms with E-state index in [2.05, 4.69) is 20.9 Å². The molecule has 0 aliphatic rings. The van der Waals surface area contributed by atoms with Gasteiger partial charge in [-0.05, 0) is 18.6 Å². The lowest BCUT2D eigenvalue weighted by Crippen LogP contribution is -2.35. The number of carbonyl (C=O) groups excluding carboxylic acids is 2. The molecule has 6 nitrogen and oxygen atoms in total. The van der Waals surface area contributed by atoms with Crippen molar-refractivity contribution in [3.05, 3.63) is 22.8 Å². The zero-order valence-corrected chi connectivity index (χ0v) is 11.7. The van der Waals surface area contributed by atoms with Crippen LogP contribution in [-0.4, -0.2) is 36.9 Å². The van der Waals surface area contributed by atoms with Gasteiger partial charge in [0.25, 0.3) is 5.91 Å². The Morgan fingerprint density at radius 3 is 2.74 bits per heavy atom. The lowest BCUT2D eigenvalue weighted by molar-refractivity contribution is -0.119. The van der Waals surface area contributed by atoms with Crippen LogP contribution in [-0.2, 0) is 4.79 Å². The van der Waals surface area contributed by atoms with Crippen LogP contribution >= 0.6 is 11.6 Å². The predicted molar refractivity (Wildman–Crippen MR) is 74.4 cm³/mol. The molecule has 7 heteroatoms. The number of amides is 2. The summed E-state index contributed by atoms with van der Waals surface area (Å²) in [4.78, 5) is 26.9. The van der Waals surface area contributed by atoms with E-state index in [0.717, 1.165) is 13.0 Å². The Hall–Kier alpha value is -1.82. The quantitative estimate of drug-likeness (QED) is 0.682. The summed E-state index contributed by atoms with van der Waals surface area (Å²) in [6, 6.07) is 3.05. The molecule has 104 valence electrons. The second-order valence-corrected chi connectivity index (χ2v) is 4.23. The van der Waals surface area contributed by atoms with Crippen molar-refractivity contribution in [3.63, 3.8) is 0 Å². The van der Waals surface area contributed by atoms with Crippen LogP contribution < -0.4 is 16.0 Å². The first-order chi connectivity index (χ1) is 9.06. The van der Waals surface area contributed by atoms with Gasteiger partial charge < -0.3 is 16.0 Å². The van der Waals surface area contributed by atoms with E-state index in [1.807, 2.05) is 6.92 Å². The molecule has 1 heterocycles. The van der Waals surface area contributed by atoms with Crippen molar-refractivity contribution in [1.82, 2.24) is 15.6 Å². The zero-order chi connectivity index (χ0) is 14.3. The SMILES string of the molecule is CCCNc1cc(C(=O)NCC(=O)NC)cc(Cl)n1. The van der Waals surface area contributed by atoms with Gasteiger partial charge in [-0.3, -0.25) is 9.59 Å². The van der Waals surface area contributed by atoms with Crippen LogP contribution in [0.2, 0.25) is 5.15 Å². The maximum atomic E-state index is 11.8. The highest BCUT2D eigenvalue weighted by molar-refractivity contribution is 6.29. The van der Waals surface area contributed by atoms with Crippen molar-refractivity contribution in [2.45, 2.75) is 13.3 Å². The Labute approximate surface area is 116 Å². The number of hydrogen-bond donors (Lipinski definition) is 3. The van der Waals surface area contributed by atoms with Crippen molar-refractivity contribution in [2.75, 3.05) is 25.5 Å². The van der Waals surface area contributed by atoms with Crippen molar-refractivity contribution in [2.24, 2.45) is 0 Å². The number of likely N-dealkylation sites (N-methyl/N-ethyl adjacent to an activating group) is 1. The first-order valence-electron chi connectivity index (χ1n) is 5.97. The van der Waals surface area contributed by atoms with Gasteiger partial charge in [-0.25, -0.2) is 4.98 Å². The molecule has 1 aromatic heterocycles. The van der Waals surface area contributed by atoms with E-state index in [9.17, 15) is 9.59 Å². The number of anilines is 1. The fraction of sp³-hybridized carbons (Fsp3) is 0.417. The van der Waals surface area contributed by atoms with Crippen LogP contribution in [0.1, 0.15) is 23.7 Å². The van der Waals surface area contributed by atoms with Crippen LogP contribution in [0.5, 0.6) is 0 Å². The van der Waals surface area contributed by atoms with Gasteiger partial charge >= 0.3 is 0 Å². The Kier molecular flexibility index (Phi) is 6.08. The minimum atomic E-state index is -0.368. The van der Waals surface area contributed by atoms with Crippen molar-refractivity contribution in [3.8, 4) is 0 Å². The Bertz CT molecular complexity index is 465. The molecule has 19 heavy (non-hydrogen) atoms. The molecule has 0 radical (unpaired) electrons. The summed E-state index contributed by atoms with van der Waals surface area (Å²) in [5, 5.41) is 8.19. The molecule has 1 rings (SSSR count). The molecule has 0 aliphatic carbocycles. The highest BCUT2D eigenvalue weighted by atomic mass is 35.5. The molecular weight excluding hydrogens is 268 g/mol. The lowest BCUT2D eigenvalue weighted by atomic mass is 10.2. The number of pyridine rings is 1. The monoisotopic (exact) mass is 284 g/mol. The minimum Gasteiger partial charge on any atom is -0.370 e. The number of nitrogens with one attached hydrogen (secondary N) is 3. The fourth-order valence-electron chi connectivity index (χ4n) is 1.32. The van der Waals surface area contributed by atoms with Crippen molar-refractivity contribution >= 4 is 29.2 Å². The number of halogens is 1. The van der Waals surface area contributed by atoms with Gasteiger partial charge in [0.15, 0.2) is 0 Å². The van der Waals surface area contributed by atoms with Crippen molar-refractivity contribution in [1.29, 1.82) is 0 Å². The summed E-state index contributed by atoms with van der Waals surface area (Å²) in [7, 11) is 1.50. The van der Waals surface area contributed by atoms with Gasteiger partial charge in [0.1, 0.15) is 11.0 Å². The first kappa shape index (κ1) is 15.2. The van der Waals surface area contributed by atoms with Crippen LogP contribution in [0.3, 0.4) is 0 Å². The largest absolute Gasteiger partial charge is 0.370 e. The third-order valence-corrected chi connectivity index (χ3v) is 2.49. The maximum Gasteiger partial charge on any atom is 0.251 e. The Balaban J connectivity index is 2.73. The Morgan fingerprint density at radius 1 is 1.37 bits per heavy atom. The molecule has 2 amide bonds. The van der Waals surface area contributed by atoms with Gasteiger partial charge in [0.05, 0.1) is 6.54 Å². The van der Waals surface area contributed by atoms with Crippen LogP contribution in [0.15, 0.2) is 12.1 Å². The number of aromatic nitrogens is 1. The summed E-state index contributed by atoms with van der Waals surface area (Å²) in [6.07, 6.45) is 0.937. The summed E-state index contributed by atoms with van der Waals surface area (Å²) < 4.78 is 0. The van der Waals surface area contributed by atoms with E-state index in [0.29, 0.717) is 11.4 Å². The second kappa shape index (κ2) is 7.58. The number of rotatable bonds is 6. The highest BCUT2D eigenvalue weighted by Crippen LogP contribution is 2.14. The van der Waals surface area contributed by atoms with E-state index in [-0.39, 0.29) is 23.5 Å². The molecule has 0 atom stereocenters. The molecule has 0 saturated carbocycles. The fourth-order valence-corrected chi connectivity index (χ4v) is 1.53. The Morgan fingerprint density at radius 2 is 2.11 bits per heavy atom. The topological polar surface area (TPSA) is 83.1 Å². The molecule has 0 spiro atoms. The standard InChI is InChI=1S/C12H17ClN4O2/c1-3-4-15-10-6-8(5-9(13)17-10)12(19)16-7-11(18)14-2/h5-6H,3-4,7H2,1-2H3,(H,14,18)(H,15,17)(H,16,19). The number of hydrogen-bond acceptors (Lipinski definition) is 4. The first-order valence-corrected chi connectivity index (χ1v) is 6.34. The van der Waals surface area contributed by atoms with Gasteiger partial charge in [-0.1, -0.05) is 18.5 Å². The molecule has 0 unspecified atom stereocenters. The number of nitrogens with zero attached hydrogens (tertiary/aromatic N) is 1. The van der Waals surface area contributed by atoms with Gasteiger partial charge in [0.2, 0.25) is 5.91 Å². The van der Waals surface area contributed by atoms with E-state index >= 15 is 0 Å². The van der Waals surface area contributed by atoms with Gasteiger partial charge in [-0.2, -0.15) is 0 Å². The average Bonchev–Trinajstić information content (AvgIpc) is 2.41. The van der Waals surface area contributed by atoms with Gasteiger partial charge in [0, 0.05) is 19.2 Å². The molecule has 0 aromatic carbocycles. The minimum absolute atomic E-state index is 0.0764. The third kappa shape index (κ3) is 5.13. The summed E-state index contributed by atoms with van der Waals surface area (Å²) in [6.45, 7) is 2.69. The molecule has 0 fully saturated rings. The van der Waals surface area contributed by atoms with Crippen LogP contribution in [0.25, 0.3) is 0 Å². The number of carbonyl (C=O) groups is 2. The highest BCUT2D eigenvalue weighted by Gasteiger charge is 2.10. The predicted octanol–water partition coefficient (Wildman–Crippen LogP) is 1.03. The zero-order valence-electron chi connectivity index (χ0n) is 10.9. The maximum absolute atomic E-state index is 11.8. The normalized spacial score (nSPS) is 9.84. The summed E-state index contributed by atoms with van der Waals surface area (Å²) >= 11 is 5.85. The third-order valence-electron chi connectivity index (χ3n) is 2.30. The van der Waals surface area contributed by atoms with E-state index < -0.39 is 0 Å². The smallest absolute Gasteiger partial charge is 0.251 e. The van der Waals surface area contributed by atoms with Crippen LogP contribution in [0, 0.1) is 0 Å². The van der Waals surface area contributed by atoms with E-state index in [4.69, 9.17) is 11.6 Å². The van der Waals surface area contributed by atoms with Crippen molar-refractivity contribution < 1.29 is 9.59 Å². The molecular formula is C12H17ClN4O2. The summed E-state index contributed by atoms with van der Waals surface area (Å²) in [5.74, 6) is -0.0928. The molecule has 0 aliphatic heterocycles. The van der Waals surface area contributed by atoms with E-state index in [1.54, 1.807) is 6.07 Å².